The number of carbonyl (C=O) groups excluding carboxylic acids is 1. The molecule has 8 heteroatoms. The van der Waals surface area contributed by atoms with Crippen molar-refractivity contribution in [2.75, 3.05) is 0 Å². The summed E-state index contributed by atoms with van der Waals surface area (Å²) < 4.78 is 39.1. The highest BCUT2D eigenvalue weighted by Crippen LogP contribution is 2.32. The Balaban J connectivity index is 1.98. The molecule has 110 valence electrons. The Labute approximate surface area is 124 Å². The van der Waals surface area contributed by atoms with Gasteiger partial charge in [0.25, 0.3) is 15.9 Å². The Hall–Kier alpha value is -2.74. The lowest BCUT2D eigenvalue weighted by atomic mass is 9.99. The van der Waals surface area contributed by atoms with E-state index in [2.05, 4.69) is 10.2 Å². The number of amides is 1. The molecule has 6 nitrogen and oxygen atoms in total. The molecule has 3 aromatic rings. The van der Waals surface area contributed by atoms with Crippen molar-refractivity contribution in [2.24, 2.45) is 0 Å². The second kappa shape index (κ2) is 4.14. The summed E-state index contributed by atoms with van der Waals surface area (Å²) in [6.07, 6.45) is 1.48. The fourth-order valence-electron chi connectivity index (χ4n) is 2.60. The molecule has 0 saturated heterocycles. The maximum absolute atomic E-state index is 13.7. The second-order valence-electron chi connectivity index (χ2n) is 4.90. The molecule has 1 aliphatic rings. The zero-order valence-electron chi connectivity index (χ0n) is 10.9. The first kappa shape index (κ1) is 13.0. The molecule has 22 heavy (non-hydrogen) atoms. The third-order valence-electron chi connectivity index (χ3n) is 3.62. The number of fused-ring (bicyclic) bond motifs is 2. The van der Waals surface area contributed by atoms with E-state index in [9.17, 15) is 17.6 Å². The van der Waals surface area contributed by atoms with Crippen molar-refractivity contribution >= 4 is 26.8 Å². The van der Waals surface area contributed by atoms with Gasteiger partial charge in [-0.3, -0.25) is 9.89 Å². The van der Waals surface area contributed by atoms with Crippen LogP contribution in [0.15, 0.2) is 41.4 Å². The fraction of sp³-hybridized carbons (Fsp3) is 0. The second-order valence-corrected chi connectivity index (χ2v) is 6.55. The van der Waals surface area contributed by atoms with Crippen LogP contribution in [-0.4, -0.2) is 24.5 Å². The number of rotatable bonds is 1. The molecule has 0 fully saturated rings. The van der Waals surface area contributed by atoms with Crippen LogP contribution in [0.1, 0.15) is 10.4 Å². The normalized spacial score (nSPS) is 15.8. The molecule has 2 N–H and O–H groups in total. The van der Waals surface area contributed by atoms with Gasteiger partial charge in [-0.2, -0.15) is 5.10 Å². The molecule has 2 aromatic carbocycles. The Morgan fingerprint density at radius 1 is 1.09 bits per heavy atom. The van der Waals surface area contributed by atoms with Crippen LogP contribution in [0, 0.1) is 5.82 Å². The zero-order chi connectivity index (χ0) is 15.5. The number of hydrogen-bond acceptors (Lipinski definition) is 4. The van der Waals surface area contributed by atoms with Gasteiger partial charge in [0, 0.05) is 5.39 Å². The van der Waals surface area contributed by atoms with E-state index in [4.69, 9.17) is 0 Å². The van der Waals surface area contributed by atoms with Crippen LogP contribution in [0.3, 0.4) is 0 Å². The largest absolute Gasteiger partial charge is 0.275 e. The predicted molar refractivity (Wildman–Crippen MR) is 76.1 cm³/mol. The number of benzene rings is 2. The van der Waals surface area contributed by atoms with E-state index >= 15 is 0 Å². The van der Waals surface area contributed by atoms with Gasteiger partial charge in [-0.05, 0) is 29.3 Å². The average molecular weight is 317 g/mol. The van der Waals surface area contributed by atoms with E-state index in [0.717, 1.165) is 0 Å². The minimum absolute atomic E-state index is 0.0493. The van der Waals surface area contributed by atoms with E-state index in [1.807, 2.05) is 4.72 Å². The lowest BCUT2D eigenvalue weighted by Gasteiger charge is -2.05. The minimum Gasteiger partial charge on any atom is -0.275 e. The molecule has 0 aliphatic carbocycles. The first-order valence-corrected chi connectivity index (χ1v) is 7.79. The molecule has 0 radical (unpaired) electrons. The van der Waals surface area contributed by atoms with Gasteiger partial charge in [0.05, 0.1) is 11.8 Å². The maximum Gasteiger partial charge on any atom is 0.266 e. The molecule has 0 unspecified atom stereocenters. The minimum atomic E-state index is -3.77. The van der Waals surface area contributed by atoms with Crippen LogP contribution >= 0.6 is 0 Å². The number of nitrogens with zero attached hydrogens (tertiary/aromatic N) is 1. The van der Waals surface area contributed by atoms with Crippen molar-refractivity contribution < 1.29 is 17.6 Å². The van der Waals surface area contributed by atoms with Crippen molar-refractivity contribution in [3.05, 3.63) is 47.9 Å². The number of hydrogen-bond donors (Lipinski definition) is 2. The highest BCUT2D eigenvalue weighted by atomic mass is 32.2. The molecular formula is C14H8FN3O3S. The molecule has 1 aliphatic heterocycles. The van der Waals surface area contributed by atoms with E-state index in [1.54, 1.807) is 12.1 Å². The highest BCUT2D eigenvalue weighted by Gasteiger charge is 2.32. The van der Waals surface area contributed by atoms with E-state index in [-0.39, 0.29) is 16.0 Å². The van der Waals surface area contributed by atoms with Crippen molar-refractivity contribution in [3.8, 4) is 11.1 Å². The Kier molecular flexibility index (Phi) is 2.44. The standard InChI is InChI=1S/C14H8FN3O3S/c15-11-3-2-8(10-6-16-17-13(10)11)7-1-4-12-9(5-7)14(19)18-22(12,20)21/h1-6H,(H,16,17)(H,18,19). The third kappa shape index (κ3) is 1.67. The molecule has 1 aromatic heterocycles. The van der Waals surface area contributed by atoms with Gasteiger partial charge >= 0.3 is 0 Å². The molecular weight excluding hydrogens is 309 g/mol. The smallest absolute Gasteiger partial charge is 0.266 e. The van der Waals surface area contributed by atoms with Gasteiger partial charge in [0.15, 0.2) is 0 Å². The van der Waals surface area contributed by atoms with Crippen molar-refractivity contribution in [1.82, 2.24) is 14.9 Å². The summed E-state index contributed by atoms with van der Waals surface area (Å²) in [6, 6.07) is 7.29. The molecule has 1 amide bonds. The summed E-state index contributed by atoms with van der Waals surface area (Å²) in [4.78, 5) is 11.7. The Bertz CT molecular complexity index is 1060. The summed E-state index contributed by atoms with van der Waals surface area (Å²) in [5.74, 6) is -1.10. The van der Waals surface area contributed by atoms with E-state index in [1.165, 1.54) is 24.4 Å². The molecule has 4 rings (SSSR count). The monoisotopic (exact) mass is 317 g/mol. The van der Waals surface area contributed by atoms with Crippen LogP contribution < -0.4 is 4.72 Å². The third-order valence-corrected chi connectivity index (χ3v) is 5.01. The number of nitrogens with one attached hydrogen (secondary N) is 2. The number of halogens is 1. The van der Waals surface area contributed by atoms with Crippen LogP contribution in [0.25, 0.3) is 22.0 Å². The molecule has 0 atom stereocenters. The Morgan fingerprint density at radius 3 is 2.73 bits per heavy atom. The van der Waals surface area contributed by atoms with E-state index < -0.39 is 21.7 Å². The van der Waals surface area contributed by atoms with Gasteiger partial charge in [0.1, 0.15) is 16.2 Å². The van der Waals surface area contributed by atoms with Crippen molar-refractivity contribution in [1.29, 1.82) is 0 Å². The van der Waals surface area contributed by atoms with Crippen LogP contribution in [0.2, 0.25) is 0 Å². The summed E-state index contributed by atoms with van der Waals surface area (Å²) >= 11 is 0. The summed E-state index contributed by atoms with van der Waals surface area (Å²) in [5.41, 5.74) is 1.61. The van der Waals surface area contributed by atoms with E-state index in [0.29, 0.717) is 16.5 Å². The summed E-state index contributed by atoms with van der Waals surface area (Å²) in [6.45, 7) is 0. The lowest BCUT2D eigenvalue weighted by molar-refractivity contribution is 0.0985. The number of sulfonamides is 1. The van der Waals surface area contributed by atoms with Crippen molar-refractivity contribution in [2.45, 2.75) is 4.90 Å². The van der Waals surface area contributed by atoms with Crippen molar-refractivity contribution in [3.63, 3.8) is 0 Å². The number of aromatic amines is 1. The SMILES string of the molecule is O=C1NS(=O)(=O)c2ccc(-c3ccc(F)c4[nH]ncc34)cc21. The van der Waals surface area contributed by atoms with Crippen LogP contribution in [0.4, 0.5) is 4.39 Å². The van der Waals surface area contributed by atoms with Gasteiger partial charge in [-0.1, -0.05) is 12.1 Å². The summed E-state index contributed by atoms with van der Waals surface area (Å²) in [5, 5.41) is 6.95. The van der Waals surface area contributed by atoms with Gasteiger partial charge < -0.3 is 0 Å². The van der Waals surface area contributed by atoms with Gasteiger partial charge in [-0.15, -0.1) is 0 Å². The molecule has 0 bridgehead atoms. The molecule has 0 spiro atoms. The zero-order valence-corrected chi connectivity index (χ0v) is 11.7. The first-order chi connectivity index (χ1) is 10.5. The number of H-pyrrole nitrogens is 1. The average Bonchev–Trinajstić information content (AvgIpc) is 3.04. The fourth-order valence-corrected chi connectivity index (χ4v) is 3.75. The Morgan fingerprint density at radius 2 is 1.91 bits per heavy atom. The first-order valence-electron chi connectivity index (χ1n) is 6.30. The van der Waals surface area contributed by atoms with Gasteiger partial charge in [0.2, 0.25) is 0 Å². The topological polar surface area (TPSA) is 91.9 Å². The van der Waals surface area contributed by atoms with Gasteiger partial charge in [-0.25, -0.2) is 17.5 Å². The molecule has 0 saturated carbocycles. The lowest BCUT2D eigenvalue weighted by Crippen LogP contribution is -2.20. The molecule has 2 heterocycles. The maximum atomic E-state index is 13.7. The predicted octanol–water partition coefficient (Wildman–Crippen LogP) is 1.80. The van der Waals surface area contributed by atoms with Crippen LogP contribution in [-0.2, 0) is 10.0 Å². The van der Waals surface area contributed by atoms with Crippen LogP contribution in [0.5, 0.6) is 0 Å². The number of carbonyl (C=O) groups is 1. The quantitative estimate of drug-likeness (QED) is 0.716. The highest BCUT2D eigenvalue weighted by molar-refractivity contribution is 7.90. The summed E-state index contributed by atoms with van der Waals surface area (Å²) in [7, 11) is -3.77. The number of aromatic nitrogens is 2.